The standard InChI is InChI=1S/C12H17ClN4O2S/c1-9(13)11-16-10-5-3-6-14-12(10)17(11)8-4-7-15-20(2,18)19/h3,5-6,9,15H,4,7-8H2,1-2H3. The summed E-state index contributed by atoms with van der Waals surface area (Å²) in [6.07, 6.45) is 3.50. The van der Waals surface area contributed by atoms with Crippen molar-refractivity contribution in [2.75, 3.05) is 12.8 Å². The van der Waals surface area contributed by atoms with Gasteiger partial charge in [-0.05, 0) is 25.5 Å². The molecular formula is C12H17ClN4O2S. The highest BCUT2D eigenvalue weighted by Gasteiger charge is 2.15. The second kappa shape index (κ2) is 6.07. The average Bonchev–Trinajstić information content (AvgIpc) is 2.72. The smallest absolute Gasteiger partial charge is 0.208 e. The summed E-state index contributed by atoms with van der Waals surface area (Å²) in [5.41, 5.74) is 1.57. The SMILES string of the molecule is CC(Cl)c1nc2cccnc2n1CCCNS(C)(=O)=O. The summed E-state index contributed by atoms with van der Waals surface area (Å²) >= 11 is 6.14. The number of aromatic nitrogens is 3. The molecule has 1 unspecified atom stereocenters. The molecule has 0 amide bonds. The molecule has 8 heteroatoms. The molecule has 0 aliphatic rings. The fourth-order valence-electron chi connectivity index (χ4n) is 1.99. The second-order valence-electron chi connectivity index (χ2n) is 4.60. The Balaban J connectivity index is 2.17. The summed E-state index contributed by atoms with van der Waals surface area (Å²) in [5.74, 6) is 0.750. The number of pyridine rings is 1. The third kappa shape index (κ3) is 3.68. The molecule has 0 fully saturated rings. The molecule has 20 heavy (non-hydrogen) atoms. The fraction of sp³-hybridized carbons (Fsp3) is 0.500. The van der Waals surface area contributed by atoms with Crippen LogP contribution in [0.15, 0.2) is 18.3 Å². The van der Waals surface area contributed by atoms with Crippen molar-refractivity contribution >= 4 is 32.8 Å². The maximum absolute atomic E-state index is 11.0. The first-order valence-corrected chi connectivity index (χ1v) is 8.61. The number of halogens is 1. The number of hydrogen-bond donors (Lipinski definition) is 1. The van der Waals surface area contributed by atoms with Crippen molar-refractivity contribution in [1.29, 1.82) is 0 Å². The van der Waals surface area contributed by atoms with E-state index in [2.05, 4.69) is 14.7 Å². The van der Waals surface area contributed by atoms with Crippen molar-refractivity contribution in [1.82, 2.24) is 19.3 Å². The molecule has 0 bridgehead atoms. The minimum Gasteiger partial charge on any atom is -0.311 e. The Kier molecular flexibility index (Phi) is 4.62. The number of sulfonamides is 1. The fourth-order valence-corrected chi connectivity index (χ4v) is 2.68. The van der Waals surface area contributed by atoms with Crippen LogP contribution in [0, 0.1) is 0 Å². The summed E-state index contributed by atoms with van der Waals surface area (Å²) in [5, 5.41) is -0.230. The van der Waals surface area contributed by atoms with E-state index in [-0.39, 0.29) is 5.38 Å². The van der Waals surface area contributed by atoms with Crippen LogP contribution in [-0.4, -0.2) is 35.8 Å². The van der Waals surface area contributed by atoms with Crippen molar-refractivity contribution in [2.24, 2.45) is 0 Å². The number of rotatable bonds is 6. The molecule has 2 rings (SSSR count). The lowest BCUT2D eigenvalue weighted by Crippen LogP contribution is -2.24. The molecule has 0 aliphatic heterocycles. The number of fused-ring (bicyclic) bond motifs is 1. The highest BCUT2D eigenvalue weighted by Crippen LogP contribution is 2.23. The summed E-state index contributed by atoms with van der Waals surface area (Å²) in [4.78, 5) is 8.78. The average molecular weight is 317 g/mol. The summed E-state index contributed by atoms with van der Waals surface area (Å²) in [6.45, 7) is 2.85. The maximum atomic E-state index is 11.0. The van der Waals surface area contributed by atoms with Gasteiger partial charge in [0.25, 0.3) is 0 Å². The Morgan fingerprint density at radius 1 is 1.50 bits per heavy atom. The van der Waals surface area contributed by atoms with Crippen LogP contribution in [0.25, 0.3) is 11.2 Å². The Labute approximate surface area is 123 Å². The van der Waals surface area contributed by atoms with Gasteiger partial charge in [0.15, 0.2) is 5.65 Å². The number of hydrogen-bond acceptors (Lipinski definition) is 4. The van der Waals surface area contributed by atoms with E-state index in [1.165, 1.54) is 0 Å². The quantitative estimate of drug-likeness (QED) is 0.649. The molecule has 2 aromatic heterocycles. The lowest BCUT2D eigenvalue weighted by Gasteiger charge is -2.09. The molecule has 2 heterocycles. The predicted molar refractivity (Wildman–Crippen MR) is 79.3 cm³/mol. The lowest BCUT2D eigenvalue weighted by atomic mass is 10.4. The monoisotopic (exact) mass is 316 g/mol. The maximum Gasteiger partial charge on any atom is 0.208 e. The van der Waals surface area contributed by atoms with Crippen LogP contribution in [-0.2, 0) is 16.6 Å². The van der Waals surface area contributed by atoms with E-state index in [0.717, 1.165) is 23.2 Å². The zero-order chi connectivity index (χ0) is 14.8. The molecule has 0 aliphatic carbocycles. The van der Waals surface area contributed by atoms with Crippen molar-refractivity contribution in [3.05, 3.63) is 24.2 Å². The highest BCUT2D eigenvalue weighted by molar-refractivity contribution is 7.88. The molecule has 2 aromatic rings. The molecule has 6 nitrogen and oxygen atoms in total. The normalized spacial score (nSPS) is 13.8. The van der Waals surface area contributed by atoms with Gasteiger partial charge in [-0.1, -0.05) is 0 Å². The van der Waals surface area contributed by atoms with Gasteiger partial charge < -0.3 is 4.57 Å². The molecule has 1 N–H and O–H groups in total. The van der Waals surface area contributed by atoms with Gasteiger partial charge in [-0.15, -0.1) is 11.6 Å². The van der Waals surface area contributed by atoms with Gasteiger partial charge in [0.05, 0.1) is 11.6 Å². The number of aryl methyl sites for hydroxylation is 1. The topological polar surface area (TPSA) is 76.9 Å². The summed E-state index contributed by atoms with van der Waals surface area (Å²) < 4.78 is 26.4. The van der Waals surface area contributed by atoms with Gasteiger partial charge in [-0.2, -0.15) is 0 Å². The predicted octanol–water partition coefficient (Wildman–Crippen LogP) is 1.67. The van der Waals surface area contributed by atoms with Crippen LogP contribution in [0.2, 0.25) is 0 Å². The Morgan fingerprint density at radius 2 is 2.25 bits per heavy atom. The van der Waals surface area contributed by atoms with E-state index in [1.807, 2.05) is 23.6 Å². The Bertz CT molecular complexity index is 697. The number of nitrogens with one attached hydrogen (secondary N) is 1. The van der Waals surface area contributed by atoms with Gasteiger partial charge in [0.2, 0.25) is 10.0 Å². The number of nitrogens with zero attached hydrogens (tertiary/aromatic N) is 3. The van der Waals surface area contributed by atoms with Gasteiger partial charge in [-0.3, -0.25) is 0 Å². The number of imidazole rings is 1. The zero-order valence-corrected chi connectivity index (χ0v) is 12.9. The molecule has 1 atom stereocenters. The lowest BCUT2D eigenvalue weighted by molar-refractivity contribution is 0.572. The van der Waals surface area contributed by atoms with Crippen LogP contribution >= 0.6 is 11.6 Å². The summed E-state index contributed by atoms with van der Waals surface area (Å²) in [7, 11) is -3.15. The third-order valence-electron chi connectivity index (χ3n) is 2.81. The minimum atomic E-state index is -3.15. The van der Waals surface area contributed by atoms with E-state index >= 15 is 0 Å². The first kappa shape index (κ1) is 15.2. The molecule has 0 aromatic carbocycles. The van der Waals surface area contributed by atoms with Crippen molar-refractivity contribution in [2.45, 2.75) is 25.3 Å². The van der Waals surface area contributed by atoms with Crippen molar-refractivity contribution in [3.63, 3.8) is 0 Å². The highest BCUT2D eigenvalue weighted by atomic mass is 35.5. The van der Waals surface area contributed by atoms with E-state index in [1.54, 1.807) is 6.20 Å². The van der Waals surface area contributed by atoms with E-state index in [9.17, 15) is 8.42 Å². The van der Waals surface area contributed by atoms with Crippen LogP contribution in [0.3, 0.4) is 0 Å². The van der Waals surface area contributed by atoms with Gasteiger partial charge in [-0.25, -0.2) is 23.1 Å². The second-order valence-corrected chi connectivity index (χ2v) is 7.09. The summed E-state index contributed by atoms with van der Waals surface area (Å²) in [6, 6.07) is 3.71. The van der Waals surface area contributed by atoms with E-state index in [0.29, 0.717) is 19.5 Å². The first-order chi connectivity index (χ1) is 9.38. The zero-order valence-electron chi connectivity index (χ0n) is 11.4. The van der Waals surface area contributed by atoms with Crippen LogP contribution in [0.5, 0.6) is 0 Å². The van der Waals surface area contributed by atoms with E-state index in [4.69, 9.17) is 11.6 Å². The molecule has 0 saturated carbocycles. The Hall–Kier alpha value is -1.18. The molecular weight excluding hydrogens is 300 g/mol. The molecule has 0 radical (unpaired) electrons. The molecule has 0 spiro atoms. The van der Waals surface area contributed by atoms with Crippen LogP contribution in [0.1, 0.15) is 24.5 Å². The molecule has 0 saturated heterocycles. The largest absolute Gasteiger partial charge is 0.311 e. The first-order valence-electron chi connectivity index (χ1n) is 6.28. The number of alkyl halides is 1. The molecule has 110 valence electrons. The van der Waals surface area contributed by atoms with E-state index < -0.39 is 10.0 Å². The van der Waals surface area contributed by atoms with Crippen LogP contribution in [0.4, 0.5) is 0 Å². The van der Waals surface area contributed by atoms with Gasteiger partial charge >= 0.3 is 0 Å². The third-order valence-corrected chi connectivity index (χ3v) is 3.74. The minimum absolute atomic E-state index is 0.230. The Morgan fingerprint density at radius 3 is 2.90 bits per heavy atom. The van der Waals surface area contributed by atoms with Crippen molar-refractivity contribution < 1.29 is 8.42 Å². The van der Waals surface area contributed by atoms with Crippen LogP contribution < -0.4 is 4.72 Å². The van der Waals surface area contributed by atoms with Crippen molar-refractivity contribution in [3.8, 4) is 0 Å². The van der Waals surface area contributed by atoms with Gasteiger partial charge in [0.1, 0.15) is 11.3 Å². The van der Waals surface area contributed by atoms with Gasteiger partial charge in [0, 0.05) is 19.3 Å².